The Bertz CT molecular complexity index is 833. The summed E-state index contributed by atoms with van der Waals surface area (Å²) >= 11 is 0. The van der Waals surface area contributed by atoms with Gasteiger partial charge in [-0.05, 0) is 12.0 Å². The van der Waals surface area contributed by atoms with Crippen molar-refractivity contribution in [1.29, 1.82) is 0 Å². The number of H-pyrrole nitrogens is 1. The van der Waals surface area contributed by atoms with Gasteiger partial charge in [-0.25, -0.2) is 4.98 Å². The standard InChI is InChI=1S/C20H23N5/c1-2-9-25-14-17(12-23-25)13-24-10-8-18-20(22-15-21-18)19(24)11-16-6-4-3-5-7-16/h2-7,12,14-15,19H,1,8-11,13H2,(H,21,22)/t19-/m0/s1. The molecule has 1 aromatic carbocycles. The number of imidazole rings is 1. The fourth-order valence-corrected chi connectivity index (χ4v) is 3.61. The number of aromatic amines is 1. The Morgan fingerprint density at radius 1 is 1.24 bits per heavy atom. The van der Waals surface area contributed by atoms with Crippen molar-refractivity contribution in [1.82, 2.24) is 24.6 Å². The lowest BCUT2D eigenvalue weighted by atomic mass is 9.95. The van der Waals surface area contributed by atoms with Crippen LogP contribution in [0.1, 0.15) is 28.6 Å². The van der Waals surface area contributed by atoms with Crippen molar-refractivity contribution in [3.05, 3.63) is 84.2 Å². The van der Waals surface area contributed by atoms with E-state index in [9.17, 15) is 0 Å². The van der Waals surface area contributed by atoms with Gasteiger partial charge < -0.3 is 4.98 Å². The quantitative estimate of drug-likeness (QED) is 0.705. The number of aromatic nitrogens is 4. The summed E-state index contributed by atoms with van der Waals surface area (Å²) in [7, 11) is 0. The Balaban J connectivity index is 1.57. The molecule has 3 aromatic rings. The molecule has 1 atom stereocenters. The number of allylic oxidation sites excluding steroid dienone is 1. The molecule has 1 aliphatic heterocycles. The van der Waals surface area contributed by atoms with Crippen LogP contribution in [0.15, 0.2) is 61.7 Å². The van der Waals surface area contributed by atoms with Gasteiger partial charge in [-0.15, -0.1) is 6.58 Å². The summed E-state index contributed by atoms with van der Waals surface area (Å²) in [5.74, 6) is 0. The van der Waals surface area contributed by atoms with Crippen molar-refractivity contribution in [2.24, 2.45) is 0 Å². The van der Waals surface area contributed by atoms with Crippen LogP contribution in [0.3, 0.4) is 0 Å². The number of benzene rings is 1. The first-order valence-electron chi connectivity index (χ1n) is 8.76. The molecule has 3 heterocycles. The molecule has 1 aliphatic rings. The van der Waals surface area contributed by atoms with Gasteiger partial charge in [0.2, 0.25) is 0 Å². The zero-order valence-corrected chi connectivity index (χ0v) is 14.3. The molecule has 0 amide bonds. The maximum atomic E-state index is 4.63. The van der Waals surface area contributed by atoms with E-state index in [0.29, 0.717) is 6.04 Å². The number of hydrogen-bond donors (Lipinski definition) is 1. The molecule has 0 spiro atoms. The Morgan fingerprint density at radius 2 is 2.12 bits per heavy atom. The first kappa shape index (κ1) is 15.8. The summed E-state index contributed by atoms with van der Waals surface area (Å²) in [6.07, 6.45) is 9.76. The van der Waals surface area contributed by atoms with Gasteiger partial charge in [0.15, 0.2) is 0 Å². The molecule has 128 valence electrons. The van der Waals surface area contributed by atoms with E-state index >= 15 is 0 Å². The minimum atomic E-state index is 0.292. The molecule has 1 N–H and O–H groups in total. The topological polar surface area (TPSA) is 49.7 Å². The minimum Gasteiger partial charge on any atom is -0.348 e. The van der Waals surface area contributed by atoms with Crippen LogP contribution < -0.4 is 0 Å². The zero-order valence-electron chi connectivity index (χ0n) is 14.3. The Kier molecular flexibility index (Phi) is 4.48. The SMILES string of the molecule is C=CCn1cc(CN2CCc3[nH]cnc3[C@@H]2Cc2ccccc2)cn1. The van der Waals surface area contributed by atoms with E-state index in [4.69, 9.17) is 0 Å². The second-order valence-electron chi connectivity index (χ2n) is 6.55. The van der Waals surface area contributed by atoms with Crippen LogP contribution in [-0.2, 0) is 25.9 Å². The Hall–Kier alpha value is -2.66. The summed E-state index contributed by atoms with van der Waals surface area (Å²) in [5.41, 5.74) is 5.04. The van der Waals surface area contributed by atoms with Crippen LogP contribution in [0.2, 0.25) is 0 Å². The summed E-state index contributed by atoms with van der Waals surface area (Å²) in [5, 5.41) is 4.41. The van der Waals surface area contributed by atoms with Crippen molar-refractivity contribution in [3.63, 3.8) is 0 Å². The predicted octanol–water partition coefficient (Wildman–Crippen LogP) is 3.13. The summed E-state index contributed by atoms with van der Waals surface area (Å²) in [4.78, 5) is 10.5. The highest BCUT2D eigenvalue weighted by molar-refractivity contribution is 5.25. The van der Waals surface area contributed by atoms with Gasteiger partial charge in [0, 0.05) is 37.0 Å². The Labute approximate surface area is 148 Å². The average molecular weight is 333 g/mol. The minimum absolute atomic E-state index is 0.292. The third-order valence-corrected chi connectivity index (χ3v) is 4.82. The van der Waals surface area contributed by atoms with Gasteiger partial charge in [0.05, 0.1) is 30.8 Å². The molecule has 5 nitrogen and oxygen atoms in total. The smallest absolute Gasteiger partial charge is 0.0925 e. The highest BCUT2D eigenvalue weighted by Crippen LogP contribution is 2.31. The van der Waals surface area contributed by atoms with Gasteiger partial charge in [-0.3, -0.25) is 9.58 Å². The fourth-order valence-electron chi connectivity index (χ4n) is 3.61. The summed E-state index contributed by atoms with van der Waals surface area (Å²) in [6, 6.07) is 11.0. The lowest BCUT2D eigenvalue weighted by Crippen LogP contribution is -2.36. The zero-order chi connectivity index (χ0) is 17.1. The number of fused-ring (bicyclic) bond motifs is 1. The second-order valence-corrected chi connectivity index (χ2v) is 6.55. The highest BCUT2D eigenvalue weighted by atomic mass is 15.3. The van der Waals surface area contributed by atoms with Crippen LogP contribution in [0.5, 0.6) is 0 Å². The van der Waals surface area contributed by atoms with E-state index in [0.717, 1.165) is 32.5 Å². The normalized spacial score (nSPS) is 17.4. The van der Waals surface area contributed by atoms with Gasteiger partial charge >= 0.3 is 0 Å². The van der Waals surface area contributed by atoms with Crippen molar-refractivity contribution in [2.75, 3.05) is 6.54 Å². The molecule has 4 rings (SSSR count). The van der Waals surface area contributed by atoms with E-state index in [1.54, 1.807) is 0 Å². The molecular weight excluding hydrogens is 310 g/mol. The molecule has 0 bridgehead atoms. The third-order valence-electron chi connectivity index (χ3n) is 4.82. The van der Waals surface area contributed by atoms with Gasteiger partial charge in [0.25, 0.3) is 0 Å². The number of rotatable bonds is 6. The fraction of sp³-hybridized carbons (Fsp3) is 0.300. The van der Waals surface area contributed by atoms with Gasteiger partial charge in [-0.1, -0.05) is 36.4 Å². The lowest BCUT2D eigenvalue weighted by Gasteiger charge is -2.34. The van der Waals surface area contributed by atoms with Crippen LogP contribution >= 0.6 is 0 Å². The summed E-state index contributed by atoms with van der Waals surface area (Å²) in [6.45, 7) is 6.44. The van der Waals surface area contributed by atoms with E-state index < -0.39 is 0 Å². The van der Waals surface area contributed by atoms with E-state index in [1.807, 2.05) is 23.3 Å². The second kappa shape index (κ2) is 7.07. The van der Waals surface area contributed by atoms with E-state index in [1.165, 1.54) is 22.5 Å². The first-order chi connectivity index (χ1) is 12.3. The summed E-state index contributed by atoms with van der Waals surface area (Å²) < 4.78 is 1.93. The van der Waals surface area contributed by atoms with E-state index in [2.05, 4.69) is 63.1 Å². The predicted molar refractivity (Wildman–Crippen MR) is 98.0 cm³/mol. The largest absolute Gasteiger partial charge is 0.348 e. The number of nitrogens with zero attached hydrogens (tertiary/aromatic N) is 4. The van der Waals surface area contributed by atoms with Crippen molar-refractivity contribution in [3.8, 4) is 0 Å². The molecule has 5 heteroatoms. The Morgan fingerprint density at radius 3 is 2.96 bits per heavy atom. The number of hydrogen-bond acceptors (Lipinski definition) is 3. The van der Waals surface area contributed by atoms with Crippen LogP contribution in [-0.4, -0.2) is 31.2 Å². The third kappa shape index (κ3) is 3.42. The van der Waals surface area contributed by atoms with Gasteiger partial charge in [0.1, 0.15) is 0 Å². The van der Waals surface area contributed by atoms with Crippen molar-refractivity contribution >= 4 is 0 Å². The highest BCUT2D eigenvalue weighted by Gasteiger charge is 2.29. The van der Waals surface area contributed by atoms with E-state index in [-0.39, 0.29) is 0 Å². The lowest BCUT2D eigenvalue weighted by molar-refractivity contribution is 0.170. The molecule has 2 aromatic heterocycles. The molecule has 25 heavy (non-hydrogen) atoms. The maximum Gasteiger partial charge on any atom is 0.0925 e. The molecule has 0 unspecified atom stereocenters. The van der Waals surface area contributed by atoms with Crippen molar-refractivity contribution in [2.45, 2.75) is 32.0 Å². The molecule has 0 radical (unpaired) electrons. The molecule has 0 fully saturated rings. The molecule has 0 aliphatic carbocycles. The van der Waals surface area contributed by atoms with Crippen LogP contribution in [0, 0.1) is 0 Å². The van der Waals surface area contributed by atoms with Gasteiger partial charge in [-0.2, -0.15) is 5.10 Å². The van der Waals surface area contributed by atoms with Crippen LogP contribution in [0.25, 0.3) is 0 Å². The first-order valence-corrected chi connectivity index (χ1v) is 8.76. The molecule has 0 saturated heterocycles. The number of nitrogens with one attached hydrogen (secondary N) is 1. The average Bonchev–Trinajstić information content (AvgIpc) is 3.28. The molecule has 0 saturated carbocycles. The van der Waals surface area contributed by atoms with Crippen LogP contribution in [0.4, 0.5) is 0 Å². The maximum absolute atomic E-state index is 4.63. The monoisotopic (exact) mass is 333 g/mol. The molecular formula is C20H23N5. The van der Waals surface area contributed by atoms with Crippen molar-refractivity contribution < 1.29 is 0 Å².